The number of nitrogens with zero attached hydrogens (tertiary/aromatic N) is 3. The summed E-state index contributed by atoms with van der Waals surface area (Å²) in [5, 5.41) is 21.1. The van der Waals surface area contributed by atoms with Crippen molar-refractivity contribution in [3.05, 3.63) is 5.28 Å². The fourth-order valence-corrected chi connectivity index (χ4v) is 2.97. The molecule has 118 valence electrons. The van der Waals surface area contributed by atoms with Gasteiger partial charge in [-0.05, 0) is 32.6 Å². The van der Waals surface area contributed by atoms with Crippen molar-refractivity contribution in [2.24, 2.45) is 3.15 Å². The molecule has 0 spiro atoms. The van der Waals surface area contributed by atoms with E-state index in [0.29, 0.717) is 0 Å². The molecule has 4 atom stereocenters. The number of hydrogen-bond acceptors (Lipinski definition) is 8. The second-order valence-electron chi connectivity index (χ2n) is 4.19. The molecule has 0 bridgehead atoms. The van der Waals surface area contributed by atoms with E-state index in [1.807, 2.05) is 4.93 Å². The summed E-state index contributed by atoms with van der Waals surface area (Å²) in [5.41, 5.74) is 6.01. The Hall–Kier alpha value is -0.690. The molecule has 1 fully saturated rings. The highest BCUT2D eigenvalue weighted by molar-refractivity contribution is 14.2. The fraction of sp³-hybridized carbons (Fsp3) is 0.600. The molecule has 1 aliphatic rings. The standard InChI is InChI=1S/C10H14ClFIN5O3/c1-13-18-5-7(14)15-10(11)17-8(5)16-9-4(12)6(20)3(2-19)21-9/h3-4,6,9,19-20H,2H2,1H3,(H3,14,15,16,17)/t3?,4-,6?,9?/m0/s1. The number of ether oxygens (including phenoxy) is 1. The Morgan fingerprint density at radius 1 is 1.57 bits per heavy atom. The van der Waals surface area contributed by atoms with Crippen molar-refractivity contribution in [3.63, 3.8) is 0 Å². The molecule has 8 nitrogen and oxygen atoms in total. The summed E-state index contributed by atoms with van der Waals surface area (Å²) < 4.78 is 23.4. The lowest BCUT2D eigenvalue weighted by Gasteiger charge is -2.17. The molecule has 0 aliphatic carbocycles. The number of aliphatic hydroxyl groups excluding tert-OH is 2. The Kier molecular flexibility index (Phi) is 5.60. The summed E-state index contributed by atoms with van der Waals surface area (Å²) in [4.78, 5) is 9.60. The molecule has 1 saturated heterocycles. The monoisotopic (exact) mass is 433 g/mol. The van der Waals surface area contributed by atoms with Gasteiger partial charge in [0.25, 0.3) is 0 Å². The van der Waals surface area contributed by atoms with E-state index in [1.54, 1.807) is 0 Å². The van der Waals surface area contributed by atoms with E-state index in [-0.39, 0.29) is 22.6 Å². The SMILES string of the molecule is CI=Nc1c(N)nc(Cl)nc1NC1OC(CO)C(O)[C@@H]1F. The van der Waals surface area contributed by atoms with Gasteiger partial charge in [0.2, 0.25) is 5.28 Å². The lowest BCUT2D eigenvalue weighted by atomic mass is 10.1. The molecule has 2 rings (SSSR count). The molecule has 0 radical (unpaired) electrons. The predicted molar refractivity (Wildman–Crippen MR) is 83.8 cm³/mol. The average Bonchev–Trinajstić information content (AvgIpc) is 2.70. The normalized spacial score (nSPS) is 29.6. The van der Waals surface area contributed by atoms with Crippen LogP contribution in [-0.4, -0.2) is 56.3 Å². The van der Waals surface area contributed by atoms with Gasteiger partial charge >= 0.3 is 0 Å². The zero-order valence-corrected chi connectivity index (χ0v) is 13.8. The van der Waals surface area contributed by atoms with Gasteiger partial charge in [-0.3, -0.25) is 0 Å². The highest BCUT2D eigenvalue weighted by atomic mass is 127. The lowest BCUT2D eigenvalue weighted by molar-refractivity contribution is -0.0150. The van der Waals surface area contributed by atoms with Crippen LogP contribution >= 0.6 is 32.6 Å². The Morgan fingerprint density at radius 3 is 2.86 bits per heavy atom. The number of aromatic nitrogens is 2. The minimum atomic E-state index is -1.73. The summed E-state index contributed by atoms with van der Waals surface area (Å²) in [6.45, 7) is -0.496. The van der Waals surface area contributed by atoms with Crippen LogP contribution in [-0.2, 0) is 4.74 Å². The second-order valence-corrected chi connectivity index (χ2v) is 5.97. The van der Waals surface area contributed by atoms with Crippen molar-refractivity contribution in [2.45, 2.75) is 24.6 Å². The van der Waals surface area contributed by atoms with Gasteiger partial charge in [-0.1, -0.05) is 0 Å². The molecular formula is C10H14ClFIN5O3. The third kappa shape index (κ3) is 3.56. The van der Waals surface area contributed by atoms with E-state index < -0.39 is 52.2 Å². The molecule has 21 heavy (non-hydrogen) atoms. The first-order chi connectivity index (χ1) is 9.97. The largest absolute Gasteiger partial charge is 0.394 e. The Morgan fingerprint density at radius 2 is 2.29 bits per heavy atom. The van der Waals surface area contributed by atoms with Gasteiger partial charge in [-0.25, -0.2) is 7.54 Å². The van der Waals surface area contributed by atoms with E-state index in [4.69, 9.17) is 27.2 Å². The van der Waals surface area contributed by atoms with Gasteiger partial charge in [0.1, 0.15) is 12.2 Å². The Bertz CT molecular complexity index is 552. The van der Waals surface area contributed by atoms with E-state index in [9.17, 15) is 9.50 Å². The van der Waals surface area contributed by atoms with Crippen LogP contribution in [0.2, 0.25) is 5.28 Å². The van der Waals surface area contributed by atoms with Crippen molar-refractivity contribution in [1.29, 1.82) is 0 Å². The molecule has 0 saturated carbocycles. The van der Waals surface area contributed by atoms with Crippen molar-refractivity contribution in [2.75, 3.05) is 22.6 Å². The first-order valence-electron chi connectivity index (χ1n) is 5.85. The zero-order chi connectivity index (χ0) is 15.6. The number of halogens is 3. The summed E-state index contributed by atoms with van der Waals surface area (Å²) in [6.07, 6.45) is -5.36. The van der Waals surface area contributed by atoms with E-state index >= 15 is 0 Å². The number of alkyl halides is 2. The van der Waals surface area contributed by atoms with Crippen LogP contribution in [0.4, 0.5) is 21.7 Å². The lowest BCUT2D eigenvalue weighted by Crippen LogP contribution is -2.33. The fourth-order valence-electron chi connectivity index (χ4n) is 1.84. The van der Waals surface area contributed by atoms with Crippen LogP contribution in [0.15, 0.2) is 3.15 Å². The Labute approximate surface area is 135 Å². The van der Waals surface area contributed by atoms with Crippen LogP contribution in [0, 0.1) is 0 Å². The number of rotatable bonds is 4. The molecule has 1 aromatic rings. The number of anilines is 2. The number of nitrogen functional groups attached to an aromatic ring is 1. The average molecular weight is 434 g/mol. The van der Waals surface area contributed by atoms with E-state index in [0.717, 1.165) is 0 Å². The Balaban J connectivity index is 2.27. The van der Waals surface area contributed by atoms with Crippen molar-refractivity contribution in [1.82, 2.24) is 9.97 Å². The van der Waals surface area contributed by atoms with Crippen LogP contribution in [0.1, 0.15) is 0 Å². The third-order valence-corrected chi connectivity index (χ3v) is 3.96. The predicted octanol–water partition coefficient (Wildman–Crippen LogP) is 0.956. The zero-order valence-electron chi connectivity index (χ0n) is 10.9. The maximum absolute atomic E-state index is 13.9. The van der Waals surface area contributed by atoms with Gasteiger partial charge in [0.15, 0.2) is 29.7 Å². The summed E-state index contributed by atoms with van der Waals surface area (Å²) in [6, 6.07) is 0. The van der Waals surface area contributed by atoms with E-state index in [2.05, 4.69) is 18.4 Å². The smallest absolute Gasteiger partial charge is 0.226 e. The van der Waals surface area contributed by atoms with Crippen LogP contribution in [0.3, 0.4) is 0 Å². The van der Waals surface area contributed by atoms with Gasteiger partial charge in [-0.2, -0.15) is 9.97 Å². The van der Waals surface area contributed by atoms with Crippen molar-refractivity contribution >= 4 is 50.0 Å². The summed E-state index contributed by atoms with van der Waals surface area (Å²) in [7, 11) is 0. The molecular weight excluding hydrogens is 419 g/mol. The maximum atomic E-state index is 13.9. The first-order valence-corrected chi connectivity index (χ1v) is 9.35. The third-order valence-electron chi connectivity index (χ3n) is 2.83. The molecule has 5 N–H and O–H groups in total. The van der Waals surface area contributed by atoms with Crippen molar-refractivity contribution < 1.29 is 19.3 Å². The molecule has 1 aliphatic heterocycles. The summed E-state index contributed by atoms with van der Waals surface area (Å²) in [5.74, 6) is 0.208. The van der Waals surface area contributed by atoms with Gasteiger partial charge in [-0.15, -0.1) is 0 Å². The maximum Gasteiger partial charge on any atom is 0.226 e. The van der Waals surface area contributed by atoms with Crippen LogP contribution in [0.25, 0.3) is 0 Å². The van der Waals surface area contributed by atoms with Crippen molar-refractivity contribution in [3.8, 4) is 0 Å². The van der Waals surface area contributed by atoms with E-state index in [1.165, 1.54) is 0 Å². The van der Waals surface area contributed by atoms with Gasteiger partial charge in [0.05, 0.1) is 6.61 Å². The number of nitrogens with two attached hydrogens (primary N) is 1. The quantitative estimate of drug-likeness (QED) is 0.316. The topological polar surface area (TPSA) is 126 Å². The minimum Gasteiger partial charge on any atom is -0.394 e. The number of nitrogens with one attached hydrogen (secondary N) is 1. The first kappa shape index (κ1) is 16.7. The molecule has 3 unspecified atom stereocenters. The molecule has 1 aromatic heterocycles. The molecule has 11 heteroatoms. The highest BCUT2D eigenvalue weighted by Crippen LogP contribution is 2.34. The van der Waals surface area contributed by atoms with Crippen LogP contribution < -0.4 is 11.1 Å². The van der Waals surface area contributed by atoms with Gasteiger partial charge < -0.3 is 26.0 Å². The van der Waals surface area contributed by atoms with Crippen LogP contribution in [0.5, 0.6) is 0 Å². The summed E-state index contributed by atoms with van der Waals surface area (Å²) >= 11 is 5.22. The highest BCUT2D eigenvalue weighted by Gasteiger charge is 2.44. The molecule has 0 amide bonds. The molecule has 0 aromatic carbocycles. The number of aliphatic hydroxyl groups is 2. The van der Waals surface area contributed by atoms with Gasteiger partial charge in [0, 0.05) is 4.93 Å². The second kappa shape index (κ2) is 7.05. The number of hydrogen-bond donors (Lipinski definition) is 4. The minimum absolute atomic E-state index is 0.0757. The molecule has 2 heterocycles.